The number of rotatable bonds is 9. The molecule has 0 heterocycles. The third-order valence-corrected chi connectivity index (χ3v) is 4.54. The van der Waals surface area contributed by atoms with Gasteiger partial charge < -0.3 is 24.8 Å². The van der Waals surface area contributed by atoms with Crippen molar-refractivity contribution in [1.29, 1.82) is 0 Å². The van der Waals surface area contributed by atoms with E-state index in [-0.39, 0.29) is 11.0 Å². The van der Waals surface area contributed by atoms with E-state index in [4.69, 9.17) is 26.4 Å². The second-order valence-electron chi connectivity index (χ2n) is 6.58. The Bertz CT molecular complexity index is 926. The Morgan fingerprint density at radius 1 is 0.935 bits per heavy atom. The van der Waals surface area contributed by atoms with Crippen LogP contribution in [0.5, 0.6) is 17.2 Å². The van der Waals surface area contributed by atoms with Crippen LogP contribution >= 0.6 is 12.2 Å². The summed E-state index contributed by atoms with van der Waals surface area (Å²) in [6, 6.07) is 9.96. The number of methoxy groups -OCH3 is 3. The molecule has 31 heavy (non-hydrogen) atoms. The predicted octanol–water partition coefficient (Wildman–Crippen LogP) is 3.97. The fourth-order valence-electron chi connectivity index (χ4n) is 2.70. The van der Waals surface area contributed by atoms with Gasteiger partial charge >= 0.3 is 0 Å². The lowest BCUT2D eigenvalue weighted by Gasteiger charge is -2.14. The maximum atomic E-state index is 12.5. The first-order chi connectivity index (χ1) is 14.9. The van der Waals surface area contributed by atoms with Gasteiger partial charge in [0.1, 0.15) is 17.2 Å². The first-order valence-electron chi connectivity index (χ1n) is 9.73. The SMILES string of the molecule is CCCCC(=O)Nc1ccc(NC(=S)NC(=O)c2cc(OC)cc(OC)c2)cc1OC. The van der Waals surface area contributed by atoms with E-state index in [0.29, 0.717) is 40.6 Å². The molecule has 0 aromatic heterocycles. The number of anilines is 2. The Labute approximate surface area is 187 Å². The fourth-order valence-corrected chi connectivity index (χ4v) is 2.91. The molecule has 0 aliphatic rings. The van der Waals surface area contributed by atoms with Crippen molar-refractivity contribution in [2.45, 2.75) is 26.2 Å². The molecule has 0 unspecified atom stereocenters. The first-order valence-corrected chi connectivity index (χ1v) is 10.1. The van der Waals surface area contributed by atoms with Crippen molar-refractivity contribution >= 4 is 40.5 Å². The number of unbranched alkanes of at least 4 members (excludes halogenated alkanes) is 1. The first kappa shape index (κ1) is 23.9. The van der Waals surface area contributed by atoms with Crippen LogP contribution in [-0.2, 0) is 4.79 Å². The van der Waals surface area contributed by atoms with Gasteiger partial charge in [0.2, 0.25) is 5.91 Å². The summed E-state index contributed by atoms with van der Waals surface area (Å²) < 4.78 is 15.7. The van der Waals surface area contributed by atoms with Gasteiger partial charge in [-0.2, -0.15) is 0 Å². The Kier molecular flexibility index (Phi) is 9.08. The molecule has 0 aliphatic heterocycles. The minimum Gasteiger partial charge on any atom is -0.497 e. The molecule has 2 rings (SSSR count). The number of carbonyl (C=O) groups excluding carboxylic acids is 2. The van der Waals surface area contributed by atoms with E-state index >= 15 is 0 Å². The van der Waals surface area contributed by atoms with Crippen molar-refractivity contribution in [3.8, 4) is 17.2 Å². The van der Waals surface area contributed by atoms with Gasteiger partial charge in [0.05, 0.1) is 27.0 Å². The normalized spacial score (nSPS) is 10.1. The van der Waals surface area contributed by atoms with Crippen molar-refractivity contribution in [2.75, 3.05) is 32.0 Å². The average molecular weight is 446 g/mol. The van der Waals surface area contributed by atoms with E-state index < -0.39 is 5.91 Å². The van der Waals surface area contributed by atoms with E-state index in [1.54, 1.807) is 36.4 Å². The summed E-state index contributed by atoms with van der Waals surface area (Å²) in [5, 5.41) is 8.49. The number of benzene rings is 2. The number of thiocarbonyl (C=S) groups is 1. The van der Waals surface area contributed by atoms with E-state index in [1.807, 2.05) is 6.92 Å². The summed E-state index contributed by atoms with van der Waals surface area (Å²) >= 11 is 5.25. The van der Waals surface area contributed by atoms with Gasteiger partial charge in [0, 0.05) is 29.8 Å². The molecule has 0 aliphatic carbocycles. The van der Waals surface area contributed by atoms with Gasteiger partial charge in [0.25, 0.3) is 5.91 Å². The summed E-state index contributed by atoms with van der Waals surface area (Å²) in [6.07, 6.45) is 2.21. The largest absolute Gasteiger partial charge is 0.497 e. The summed E-state index contributed by atoms with van der Waals surface area (Å²) in [6.45, 7) is 2.03. The third kappa shape index (κ3) is 7.14. The third-order valence-electron chi connectivity index (χ3n) is 4.33. The number of amides is 2. The Hall–Kier alpha value is -3.33. The maximum Gasteiger partial charge on any atom is 0.257 e. The molecule has 9 heteroatoms. The Balaban J connectivity index is 2.05. The van der Waals surface area contributed by atoms with Crippen LogP contribution in [0.25, 0.3) is 0 Å². The number of carbonyl (C=O) groups is 2. The Morgan fingerprint density at radius 3 is 2.19 bits per heavy atom. The number of ether oxygens (including phenoxy) is 3. The molecule has 2 aromatic rings. The minimum absolute atomic E-state index is 0.0719. The lowest BCUT2D eigenvalue weighted by atomic mass is 10.2. The van der Waals surface area contributed by atoms with Crippen LogP contribution < -0.4 is 30.2 Å². The van der Waals surface area contributed by atoms with Crippen LogP contribution in [0.3, 0.4) is 0 Å². The van der Waals surface area contributed by atoms with E-state index in [9.17, 15) is 9.59 Å². The molecule has 2 amide bonds. The van der Waals surface area contributed by atoms with Crippen molar-refractivity contribution < 1.29 is 23.8 Å². The zero-order chi connectivity index (χ0) is 22.8. The zero-order valence-electron chi connectivity index (χ0n) is 18.0. The van der Waals surface area contributed by atoms with Crippen molar-refractivity contribution in [1.82, 2.24) is 5.32 Å². The summed E-state index contributed by atoms with van der Waals surface area (Å²) in [4.78, 5) is 24.5. The molecule has 8 nitrogen and oxygen atoms in total. The molecular formula is C22H27N3O5S. The molecule has 0 radical (unpaired) electrons. The van der Waals surface area contributed by atoms with Crippen LogP contribution in [-0.4, -0.2) is 38.3 Å². The number of nitrogens with one attached hydrogen (secondary N) is 3. The highest BCUT2D eigenvalue weighted by molar-refractivity contribution is 7.80. The standard InChI is InChI=1S/C22H27N3O5S/c1-5-6-7-20(26)24-18-9-8-15(12-19(18)30-4)23-22(31)25-21(27)14-10-16(28-2)13-17(11-14)29-3/h8-13H,5-7H2,1-4H3,(H,24,26)(H2,23,25,27,31). The summed E-state index contributed by atoms with van der Waals surface area (Å²) in [7, 11) is 4.52. The van der Waals surface area contributed by atoms with Crippen LogP contribution in [0.15, 0.2) is 36.4 Å². The van der Waals surface area contributed by atoms with Gasteiger partial charge in [-0.05, 0) is 42.9 Å². The molecule has 2 aromatic carbocycles. The van der Waals surface area contributed by atoms with Gasteiger partial charge in [-0.15, -0.1) is 0 Å². The molecule has 0 saturated carbocycles. The van der Waals surface area contributed by atoms with E-state index in [2.05, 4.69) is 16.0 Å². The second-order valence-corrected chi connectivity index (χ2v) is 6.98. The van der Waals surface area contributed by atoms with Crippen molar-refractivity contribution in [2.24, 2.45) is 0 Å². The van der Waals surface area contributed by atoms with E-state index in [0.717, 1.165) is 12.8 Å². The molecule has 0 spiro atoms. The highest BCUT2D eigenvalue weighted by atomic mass is 32.1. The molecular weight excluding hydrogens is 418 g/mol. The number of hydrogen-bond acceptors (Lipinski definition) is 6. The summed E-state index contributed by atoms with van der Waals surface area (Å²) in [5.74, 6) is 0.967. The van der Waals surface area contributed by atoms with Crippen LogP contribution in [0.1, 0.15) is 36.5 Å². The Morgan fingerprint density at radius 2 is 1.61 bits per heavy atom. The lowest BCUT2D eigenvalue weighted by Crippen LogP contribution is -2.34. The van der Waals surface area contributed by atoms with Gasteiger partial charge in [0.15, 0.2) is 5.11 Å². The van der Waals surface area contributed by atoms with Crippen LogP contribution in [0.4, 0.5) is 11.4 Å². The maximum absolute atomic E-state index is 12.5. The predicted molar refractivity (Wildman–Crippen MR) is 124 cm³/mol. The monoisotopic (exact) mass is 445 g/mol. The topological polar surface area (TPSA) is 97.9 Å². The van der Waals surface area contributed by atoms with Crippen LogP contribution in [0, 0.1) is 0 Å². The average Bonchev–Trinajstić information content (AvgIpc) is 2.77. The van der Waals surface area contributed by atoms with E-state index in [1.165, 1.54) is 21.3 Å². The molecule has 0 fully saturated rings. The van der Waals surface area contributed by atoms with Crippen molar-refractivity contribution in [3.63, 3.8) is 0 Å². The van der Waals surface area contributed by atoms with Crippen LogP contribution in [0.2, 0.25) is 0 Å². The lowest BCUT2D eigenvalue weighted by molar-refractivity contribution is -0.116. The highest BCUT2D eigenvalue weighted by Crippen LogP contribution is 2.28. The van der Waals surface area contributed by atoms with Crippen molar-refractivity contribution in [3.05, 3.63) is 42.0 Å². The smallest absolute Gasteiger partial charge is 0.257 e. The molecule has 3 N–H and O–H groups in total. The zero-order valence-corrected chi connectivity index (χ0v) is 18.9. The number of hydrogen-bond donors (Lipinski definition) is 3. The van der Waals surface area contributed by atoms with Gasteiger partial charge in [-0.3, -0.25) is 14.9 Å². The molecule has 0 saturated heterocycles. The quantitative estimate of drug-likeness (QED) is 0.503. The molecule has 0 bridgehead atoms. The van der Waals surface area contributed by atoms with Gasteiger partial charge in [-0.25, -0.2) is 0 Å². The fraction of sp³-hybridized carbons (Fsp3) is 0.318. The minimum atomic E-state index is -0.415. The molecule has 0 atom stereocenters. The molecule has 166 valence electrons. The highest BCUT2D eigenvalue weighted by Gasteiger charge is 2.13. The second kappa shape index (κ2) is 11.8. The summed E-state index contributed by atoms with van der Waals surface area (Å²) in [5.41, 5.74) is 1.49. The van der Waals surface area contributed by atoms with Gasteiger partial charge in [-0.1, -0.05) is 13.3 Å².